The Morgan fingerprint density at radius 1 is 1.19 bits per heavy atom. The van der Waals surface area contributed by atoms with Gasteiger partial charge >= 0.3 is 0 Å². The van der Waals surface area contributed by atoms with E-state index in [1.54, 1.807) is 24.3 Å². The first kappa shape index (κ1) is 15.6. The van der Waals surface area contributed by atoms with Gasteiger partial charge in [0.05, 0.1) is 5.02 Å². The Kier molecular flexibility index (Phi) is 5.03. The molecule has 0 radical (unpaired) electrons. The lowest BCUT2D eigenvalue weighted by molar-refractivity contribution is 0.0921. The number of aryl methyl sites for hydroxylation is 1. The van der Waals surface area contributed by atoms with Crippen LogP contribution in [0.2, 0.25) is 5.02 Å². The number of ether oxygens (including phenoxy) is 1. The molecule has 0 aromatic heterocycles. The Morgan fingerprint density at radius 3 is 2.57 bits per heavy atom. The number of carbonyl (C=O) groups excluding carboxylic acids is 1. The van der Waals surface area contributed by atoms with Gasteiger partial charge in [-0.15, -0.1) is 0 Å². The van der Waals surface area contributed by atoms with Crippen LogP contribution in [0, 0.1) is 6.92 Å². The van der Waals surface area contributed by atoms with Crippen molar-refractivity contribution >= 4 is 17.4 Å². The van der Waals surface area contributed by atoms with Crippen molar-refractivity contribution in [1.82, 2.24) is 0 Å². The van der Waals surface area contributed by atoms with Gasteiger partial charge < -0.3 is 4.74 Å². The van der Waals surface area contributed by atoms with Gasteiger partial charge in [0.15, 0.2) is 6.61 Å². The van der Waals surface area contributed by atoms with Gasteiger partial charge in [-0.1, -0.05) is 43.6 Å². The second-order valence-electron chi connectivity index (χ2n) is 5.43. The molecule has 0 fully saturated rings. The van der Waals surface area contributed by atoms with Crippen LogP contribution < -0.4 is 4.74 Å². The summed E-state index contributed by atoms with van der Waals surface area (Å²) in [4.78, 5) is 12.1. The lowest BCUT2D eigenvalue weighted by atomic mass is 10.0. The number of hydrogen-bond acceptors (Lipinski definition) is 2. The topological polar surface area (TPSA) is 26.3 Å². The summed E-state index contributed by atoms with van der Waals surface area (Å²) in [6.07, 6.45) is 0. The molecule has 0 unspecified atom stereocenters. The third-order valence-electron chi connectivity index (χ3n) is 3.28. The smallest absolute Gasteiger partial charge is 0.201 e. The Hall–Kier alpha value is -1.80. The van der Waals surface area contributed by atoms with Crippen LogP contribution in [0.15, 0.2) is 42.5 Å². The summed E-state index contributed by atoms with van der Waals surface area (Å²) in [6, 6.07) is 13.1. The Balaban J connectivity index is 2.10. The predicted molar refractivity (Wildman–Crippen MR) is 86.5 cm³/mol. The highest BCUT2D eigenvalue weighted by Crippen LogP contribution is 2.23. The molecule has 2 nitrogen and oxygen atoms in total. The number of Topliss-reactive ketones (excluding diaryl/α,β-unsaturated/α-hetero) is 1. The van der Waals surface area contributed by atoms with E-state index in [1.807, 2.05) is 19.1 Å². The van der Waals surface area contributed by atoms with Crippen LogP contribution in [0.25, 0.3) is 0 Å². The zero-order chi connectivity index (χ0) is 15.4. The molecule has 0 aliphatic heterocycles. The lowest BCUT2D eigenvalue weighted by Gasteiger charge is -2.11. The summed E-state index contributed by atoms with van der Waals surface area (Å²) in [5.74, 6) is 1.03. The molecule has 2 aromatic rings. The zero-order valence-corrected chi connectivity index (χ0v) is 13.3. The molecular formula is C18H19ClO2. The number of hydrogen-bond donors (Lipinski definition) is 0. The molecule has 21 heavy (non-hydrogen) atoms. The molecular weight excluding hydrogens is 284 g/mol. The molecule has 0 saturated heterocycles. The highest BCUT2D eigenvalue weighted by Gasteiger charge is 2.11. The van der Waals surface area contributed by atoms with E-state index in [-0.39, 0.29) is 12.4 Å². The van der Waals surface area contributed by atoms with Crippen molar-refractivity contribution in [3.63, 3.8) is 0 Å². The molecule has 0 aliphatic rings. The summed E-state index contributed by atoms with van der Waals surface area (Å²) in [7, 11) is 0. The monoisotopic (exact) mass is 302 g/mol. The average molecular weight is 303 g/mol. The van der Waals surface area contributed by atoms with Crippen LogP contribution >= 0.6 is 11.6 Å². The van der Waals surface area contributed by atoms with Crippen LogP contribution in [0.5, 0.6) is 5.75 Å². The first-order chi connectivity index (χ1) is 9.97. The molecule has 0 aliphatic carbocycles. The maximum absolute atomic E-state index is 12.1. The van der Waals surface area contributed by atoms with E-state index in [0.29, 0.717) is 16.5 Å². The Labute approximate surface area is 130 Å². The fourth-order valence-corrected chi connectivity index (χ4v) is 2.35. The van der Waals surface area contributed by atoms with Crippen molar-refractivity contribution in [3.8, 4) is 5.75 Å². The minimum Gasteiger partial charge on any atom is -0.485 e. The van der Waals surface area contributed by atoms with Crippen molar-refractivity contribution in [1.29, 1.82) is 0 Å². The molecule has 2 rings (SSSR count). The predicted octanol–water partition coefficient (Wildman–Crippen LogP) is 5.03. The fraction of sp³-hybridized carbons (Fsp3) is 0.278. The summed E-state index contributed by atoms with van der Waals surface area (Å²) in [5, 5.41) is 0.457. The zero-order valence-electron chi connectivity index (χ0n) is 12.5. The normalized spacial score (nSPS) is 10.7. The highest BCUT2D eigenvalue weighted by molar-refractivity contribution is 6.34. The van der Waals surface area contributed by atoms with E-state index in [1.165, 1.54) is 5.56 Å². The minimum atomic E-state index is -0.117. The first-order valence-corrected chi connectivity index (χ1v) is 7.37. The molecule has 0 saturated carbocycles. The van der Waals surface area contributed by atoms with Crippen molar-refractivity contribution < 1.29 is 9.53 Å². The van der Waals surface area contributed by atoms with E-state index in [2.05, 4.69) is 19.9 Å². The van der Waals surface area contributed by atoms with Crippen molar-refractivity contribution in [3.05, 3.63) is 64.2 Å². The highest BCUT2D eigenvalue weighted by atomic mass is 35.5. The van der Waals surface area contributed by atoms with Gasteiger partial charge in [-0.25, -0.2) is 0 Å². The number of carbonyl (C=O) groups is 1. The lowest BCUT2D eigenvalue weighted by Crippen LogP contribution is -2.12. The van der Waals surface area contributed by atoms with Crippen LogP contribution in [-0.4, -0.2) is 12.4 Å². The molecule has 2 aromatic carbocycles. The summed E-state index contributed by atoms with van der Waals surface area (Å²) < 4.78 is 5.64. The van der Waals surface area contributed by atoms with Crippen LogP contribution in [0.4, 0.5) is 0 Å². The Morgan fingerprint density at radius 2 is 1.90 bits per heavy atom. The van der Waals surface area contributed by atoms with Crippen molar-refractivity contribution in [2.45, 2.75) is 26.7 Å². The van der Waals surface area contributed by atoms with E-state index >= 15 is 0 Å². The maximum atomic E-state index is 12.1. The maximum Gasteiger partial charge on any atom is 0.201 e. The van der Waals surface area contributed by atoms with Gasteiger partial charge in [-0.3, -0.25) is 4.79 Å². The number of ketones is 1. The van der Waals surface area contributed by atoms with E-state index < -0.39 is 0 Å². The standard InChI is InChI=1S/C18H19ClO2/c1-12(2)14-8-13(3)9-15(10-14)21-11-18(20)16-6-4-5-7-17(16)19/h4-10,12H,11H2,1-3H3. The second kappa shape index (κ2) is 6.77. The number of benzene rings is 2. The molecule has 110 valence electrons. The molecule has 0 heterocycles. The van der Waals surface area contributed by atoms with E-state index in [0.717, 1.165) is 11.3 Å². The largest absolute Gasteiger partial charge is 0.485 e. The summed E-state index contributed by atoms with van der Waals surface area (Å²) in [6.45, 7) is 6.28. The van der Waals surface area contributed by atoms with Gasteiger partial charge in [-0.05, 0) is 48.2 Å². The SMILES string of the molecule is Cc1cc(OCC(=O)c2ccccc2Cl)cc(C(C)C)c1. The van der Waals surface area contributed by atoms with Gasteiger partial charge in [-0.2, -0.15) is 0 Å². The molecule has 0 bridgehead atoms. The number of halogens is 1. The summed E-state index contributed by atoms with van der Waals surface area (Å²) in [5.41, 5.74) is 2.83. The molecule has 0 atom stereocenters. The van der Waals surface area contributed by atoms with Gasteiger partial charge in [0.1, 0.15) is 5.75 Å². The third-order valence-corrected chi connectivity index (χ3v) is 3.61. The molecule has 0 spiro atoms. The van der Waals surface area contributed by atoms with E-state index in [9.17, 15) is 4.79 Å². The third kappa shape index (κ3) is 4.08. The quantitative estimate of drug-likeness (QED) is 0.724. The van der Waals surface area contributed by atoms with Crippen molar-refractivity contribution in [2.75, 3.05) is 6.61 Å². The van der Waals surface area contributed by atoms with Gasteiger partial charge in [0.25, 0.3) is 0 Å². The first-order valence-electron chi connectivity index (χ1n) is 6.99. The average Bonchev–Trinajstić information content (AvgIpc) is 2.44. The fourth-order valence-electron chi connectivity index (χ4n) is 2.11. The molecule has 3 heteroatoms. The van der Waals surface area contributed by atoms with Crippen LogP contribution in [0.3, 0.4) is 0 Å². The minimum absolute atomic E-state index is 0.00920. The van der Waals surface area contributed by atoms with E-state index in [4.69, 9.17) is 16.3 Å². The van der Waals surface area contributed by atoms with Gasteiger partial charge in [0, 0.05) is 5.56 Å². The van der Waals surface area contributed by atoms with Crippen LogP contribution in [-0.2, 0) is 0 Å². The van der Waals surface area contributed by atoms with Gasteiger partial charge in [0.2, 0.25) is 5.78 Å². The van der Waals surface area contributed by atoms with Crippen molar-refractivity contribution in [2.24, 2.45) is 0 Å². The molecule has 0 N–H and O–H groups in total. The summed E-state index contributed by atoms with van der Waals surface area (Å²) >= 11 is 6.02. The van der Waals surface area contributed by atoms with Crippen LogP contribution in [0.1, 0.15) is 41.3 Å². The molecule has 0 amide bonds. The second-order valence-corrected chi connectivity index (χ2v) is 5.83. The number of rotatable bonds is 5. The Bertz CT molecular complexity index is 647.